The van der Waals surface area contributed by atoms with Crippen molar-refractivity contribution < 1.29 is 16.8 Å². The molecule has 4 N–H and O–H groups in total. The number of hydrogen-bond donors (Lipinski definition) is 3. The molecule has 2 rings (SSSR count). The van der Waals surface area contributed by atoms with Crippen molar-refractivity contribution >= 4 is 25.7 Å². The molecule has 112 valence electrons. The van der Waals surface area contributed by atoms with E-state index in [4.69, 9.17) is 5.14 Å². The van der Waals surface area contributed by atoms with Gasteiger partial charge in [0.05, 0.1) is 9.79 Å². The van der Waals surface area contributed by atoms with Crippen LogP contribution in [0.4, 0.5) is 5.69 Å². The second-order valence-corrected chi connectivity index (χ2v) is 7.36. The smallest absolute Gasteiger partial charge is 0.257 e. The summed E-state index contributed by atoms with van der Waals surface area (Å²) < 4.78 is 46.1. The van der Waals surface area contributed by atoms with Crippen LogP contribution in [0.5, 0.6) is 0 Å². The van der Waals surface area contributed by atoms with E-state index in [1.54, 1.807) is 18.2 Å². The van der Waals surface area contributed by atoms with Crippen molar-refractivity contribution in [3.8, 4) is 0 Å². The maximum atomic E-state index is 11.9. The summed E-state index contributed by atoms with van der Waals surface area (Å²) in [5.41, 5.74) is 2.87. The molecular formula is C12H13N3O4S2. The fraction of sp³-hybridized carbons (Fsp3) is 0. The molecule has 0 amide bonds. The second kappa shape index (κ2) is 5.82. The molecule has 0 aliphatic carbocycles. The summed E-state index contributed by atoms with van der Waals surface area (Å²) in [4.78, 5) is 2.24. The van der Waals surface area contributed by atoms with Gasteiger partial charge in [-0.2, -0.15) is 0 Å². The number of benzene rings is 2. The van der Waals surface area contributed by atoms with Crippen molar-refractivity contribution in [2.24, 2.45) is 5.14 Å². The predicted octanol–water partition coefficient (Wildman–Crippen LogP) is 0.639. The minimum atomic E-state index is -3.77. The third-order valence-corrected chi connectivity index (χ3v) is 4.76. The first-order valence-electron chi connectivity index (χ1n) is 5.75. The fourth-order valence-corrected chi connectivity index (χ4v) is 2.91. The van der Waals surface area contributed by atoms with Crippen LogP contribution in [0.1, 0.15) is 0 Å². The van der Waals surface area contributed by atoms with Crippen LogP contribution in [0, 0.1) is 0 Å². The predicted molar refractivity (Wildman–Crippen MR) is 78.2 cm³/mol. The summed E-state index contributed by atoms with van der Waals surface area (Å²) in [7, 11) is -7.47. The van der Waals surface area contributed by atoms with Crippen molar-refractivity contribution in [2.75, 3.05) is 5.43 Å². The molecule has 0 saturated carbocycles. The molecule has 0 aromatic heterocycles. The topological polar surface area (TPSA) is 118 Å². The first-order chi connectivity index (χ1) is 9.79. The number of nitrogens with two attached hydrogens (primary N) is 1. The highest BCUT2D eigenvalue weighted by Gasteiger charge is 2.13. The lowest BCUT2D eigenvalue weighted by Gasteiger charge is -2.09. The van der Waals surface area contributed by atoms with E-state index in [2.05, 4.69) is 10.3 Å². The lowest BCUT2D eigenvalue weighted by atomic mass is 10.3. The zero-order valence-electron chi connectivity index (χ0n) is 10.7. The highest BCUT2D eigenvalue weighted by molar-refractivity contribution is 7.89. The SMILES string of the molecule is NS(=O)(=O)c1ccc(NNS(=O)(=O)c2ccccc2)cc1. The quantitative estimate of drug-likeness (QED) is 0.696. The number of nitrogens with one attached hydrogen (secondary N) is 2. The van der Waals surface area contributed by atoms with E-state index >= 15 is 0 Å². The molecule has 0 spiro atoms. The number of hydrazine groups is 1. The number of rotatable bonds is 5. The molecule has 0 bridgehead atoms. The molecule has 21 heavy (non-hydrogen) atoms. The zero-order chi connectivity index (χ0) is 15.5. The summed E-state index contributed by atoms with van der Waals surface area (Å²) in [6, 6.07) is 13.2. The van der Waals surface area contributed by atoms with E-state index in [9.17, 15) is 16.8 Å². The monoisotopic (exact) mass is 327 g/mol. The Morgan fingerprint density at radius 3 is 1.86 bits per heavy atom. The number of primary sulfonamides is 1. The van der Waals surface area contributed by atoms with Crippen LogP contribution < -0.4 is 15.4 Å². The first kappa shape index (κ1) is 15.4. The lowest BCUT2D eigenvalue weighted by Crippen LogP contribution is -2.29. The molecule has 9 heteroatoms. The van der Waals surface area contributed by atoms with Crippen LogP contribution in [-0.2, 0) is 20.0 Å². The van der Waals surface area contributed by atoms with Crippen molar-refractivity contribution in [3.05, 3.63) is 54.6 Å². The van der Waals surface area contributed by atoms with Crippen molar-refractivity contribution in [1.29, 1.82) is 0 Å². The molecule has 0 atom stereocenters. The number of sulfonamides is 2. The van der Waals surface area contributed by atoms with Crippen LogP contribution in [0.15, 0.2) is 64.4 Å². The van der Waals surface area contributed by atoms with E-state index in [1.807, 2.05) is 0 Å². The number of hydrogen-bond acceptors (Lipinski definition) is 5. The van der Waals surface area contributed by atoms with Crippen LogP contribution in [0.2, 0.25) is 0 Å². The standard InChI is InChI=1S/C12H13N3O4S2/c13-20(16,17)11-8-6-10(7-9-11)14-15-21(18,19)12-4-2-1-3-5-12/h1-9,14-15H,(H2,13,16,17). The molecule has 7 nitrogen and oxygen atoms in total. The summed E-state index contributed by atoms with van der Waals surface area (Å²) in [6.07, 6.45) is 0. The zero-order valence-corrected chi connectivity index (χ0v) is 12.4. The van der Waals surface area contributed by atoms with E-state index in [0.717, 1.165) is 0 Å². The van der Waals surface area contributed by atoms with Crippen molar-refractivity contribution in [1.82, 2.24) is 4.83 Å². The van der Waals surface area contributed by atoms with Crippen LogP contribution in [0.3, 0.4) is 0 Å². The van der Waals surface area contributed by atoms with Gasteiger partial charge in [0, 0.05) is 5.69 Å². The van der Waals surface area contributed by atoms with Gasteiger partial charge in [0.25, 0.3) is 10.0 Å². The van der Waals surface area contributed by atoms with Gasteiger partial charge in [0.15, 0.2) is 0 Å². The summed E-state index contributed by atoms with van der Waals surface area (Å²) in [6.45, 7) is 0. The van der Waals surface area contributed by atoms with Gasteiger partial charge in [0.1, 0.15) is 0 Å². The Balaban J connectivity index is 2.10. The van der Waals surface area contributed by atoms with E-state index in [1.165, 1.54) is 36.4 Å². The van der Waals surface area contributed by atoms with E-state index in [-0.39, 0.29) is 9.79 Å². The van der Waals surface area contributed by atoms with Crippen molar-refractivity contribution in [2.45, 2.75) is 9.79 Å². The molecule has 0 aliphatic rings. The Labute approximate surface area is 122 Å². The average Bonchev–Trinajstić information content (AvgIpc) is 2.46. The maximum Gasteiger partial charge on any atom is 0.257 e. The minimum absolute atomic E-state index is 0.0565. The minimum Gasteiger partial charge on any atom is -0.308 e. The molecule has 0 fully saturated rings. The maximum absolute atomic E-state index is 11.9. The van der Waals surface area contributed by atoms with Crippen LogP contribution >= 0.6 is 0 Å². The molecule has 0 saturated heterocycles. The average molecular weight is 327 g/mol. The Morgan fingerprint density at radius 1 is 0.762 bits per heavy atom. The van der Waals surface area contributed by atoms with Gasteiger partial charge >= 0.3 is 0 Å². The van der Waals surface area contributed by atoms with Crippen LogP contribution in [0.25, 0.3) is 0 Å². The van der Waals surface area contributed by atoms with Gasteiger partial charge < -0.3 is 5.43 Å². The molecular weight excluding hydrogens is 314 g/mol. The third kappa shape index (κ3) is 4.02. The highest BCUT2D eigenvalue weighted by atomic mass is 32.2. The van der Waals surface area contributed by atoms with Gasteiger partial charge in [0.2, 0.25) is 10.0 Å². The number of anilines is 1. The summed E-state index contributed by atoms with van der Waals surface area (Å²) in [5.74, 6) is 0. The van der Waals surface area contributed by atoms with E-state index in [0.29, 0.717) is 5.69 Å². The van der Waals surface area contributed by atoms with Crippen molar-refractivity contribution in [3.63, 3.8) is 0 Å². The fourth-order valence-electron chi connectivity index (χ4n) is 1.51. The lowest BCUT2D eigenvalue weighted by molar-refractivity contribution is 0.587. The molecule has 0 unspecified atom stereocenters. The van der Waals surface area contributed by atoms with Gasteiger partial charge in [-0.25, -0.2) is 22.0 Å². The van der Waals surface area contributed by atoms with E-state index < -0.39 is 20.0 Å². The largest absolute Gasteiger partial charge is 0.308 e. The van der Waals surface area contributed by atoms with Gasteiger partial charge in [-0.3, -0.25) is 0 Å². The molecule has 0 radical (unpaired) electrons. The Bertz CT molecular complexity index is 817. The summed E-state index contributed by atoms with van der Waals surface area (Å²) in [5, 5.41) is 4.97. The highest BCUT2D eigenvalue weighted by Crippen LogP contribution is 2.13. The Morgan fingerprint density at radius 2 is 1.33 bits per heavy atom. The molecule has 2 aromatic carbocycles. The molecule has 2 aromatic rings. The Kier molecular flexibility index (Phi) is 4.28. The molecule has 0 heterocycles. The molecule has 0 aliphatic heterocycles. The third-order valence-electron chi connectivity index (χ3n) is 2.57. The normalized spacial score (nSPS) is 12.0. The first-order valence-corrected chi connectivity index (χ1v) is 8.78. The van der Waals surface area contributed by atoms with Gasteiger partial charge in [-0.05, 0) is 36.4 Å². The summed E-state index contributed by atoms with van der Waals surface area (Å²) >= 11 is 0. The van der Waals surface area contributed by atoms with Crippen LogP contribution in [-0.4, -0.2) is 16.8 Å². The van der Waals surface area contributed by atoms with Gasteiger partial charge in [-0.15, -0.1) is 4.83 Å². The Hall–Kier alpha value is -1.94. The van der Waals surface area contributed by atoms with Gasteiger partial charge in [-0.1, -0.05) is 18.2 Å². The second-order valence-electron chi connectivity index (χ2n) is 4.11.